The monoisotopic (exact) mass is 434 g/mol. The number of fused-ring (bicyclic) bond motifs is 1. The second-order valence-corrected chi connectivity index (χ2v) is 7.41. The van der Waals surface area contributed by atoms with E-state index in [2.05, 4.69) is 10.1 Å². The van der Waals surface area contributed by atoms with E-state index in [0.29, 0.717) is 36.7 Å². The van der Waals surface area contributed by atoms with Crippen LogP contribution in [0.5, 0.6) is 11.5 Å². The van der Waals surface area contributed by atoms with Crippen molar-refractivity contribution in [3.63, 3.8) is 0 Å². The Morgan fingerprint density at radius 1 is 1.19 bits per heavy atom. The number of aromatic nitrogens is 3. The van der Waals surface area contributed by atoms with E-state index in [-0.39, 0.29) is 29.8 Å². The number of ether oxygens (including phenoxy) is 2. The van der Waals surface area contributed by atoms with Crippen molar-refractivity contribution in [1.29, 1.82) is 0 Å². The molecule has 1 aliphatic rings. The molecule has 1 atom stereocenters. The van der Waals surface area contributed by atoms with Gasteiger partial charge in [0.1, 0.15) is 17.2 Å². The number of alkyl halides is 3. The molecule has 7 nitrogen and oxygen atoms in total. The molecule has 0 radical (unpaired) electrons. The van der Waals surface area contributed by atoms with Crippen molar-refractivity contribution in [2.45, 2.75) is 25.4 Å². The van der Waals surface area contributed by atoms with Crippen LogP contribution >= 0.6 is 0 Å². The van der Waals surface area contributed by atoms with Crippen LogP contribution in [0.15, 0.2) is 36.4 Å². The fraction of sp³-hybridized carbons (Fsp3) is 0.381. The van der Waals surface area contributed by atoms with Gasteiger partial charge in [-0.1, -0.05) is 0 Å². The van der Waals surface area contributed by atoms with Gasteiger partial charge in [-0.25, -0.2) is 9.50 Å². The van der Waals surface area contributed by atoms with Gasteiger partial charge < -0.3 is 14.4 Å². The van der Waals surface area contributed by atoms with Gasteiger partial charge in [0.05, 0.1) is 12.8 Å². The van der Waals surface area contributed by atoms with Crippen LogP contribution in [-0.2, 0) is 11.0 Å². The van der Waals surface area contributed by atoms with Crippen molar-refractivity contribution in [2.24, 2.45) is 0 Å². The molecule has 31 heavy (non-hydrogen) atoms. The molecule has 4 rings (SSSR count). The number of hydrogen-bond donors (Lipinski definition) is 0. The van der Waals surface area contributed by atoms with Crippen LogP contribution in [0.2, 0.25) is 0 Å². The van der Waals surface area contributed by atoms with Gasteiger partial charge in [-0.15, -0.1) is 0 Å². The number of nitrogens with zero attached hydrogens (tertiary/aromatic N) is 4. The molecule has 10 heteroatoms. The third-order valence-electron chi connectivity index (χ3n) is 5.25. The molecule has 1 amide bonds. The van der Waals surface area contributed by atoms with Crippen molar-refractivity contribution < 1.29 is 27.4 Å². The van der Waals surface area contributed by atoms with Crippen LogP contribution in [0, 0.1) is 6.92 Å². The van der Waals surface area contributed by atoms with Crippen LogP contribution in [0.25, 0.3) is 5.65 Å². The van der Waals surface area contributed by atoms with Gasteiger partial charge in [0.15, 0.2) is 12.3 Å². The van der Waals surface area contributed by atoms with Crippen LogP contribution in [0.4, 0.5) is 13.2 Å². The quantitative estimate of drug-likeness (QED) is 0.615. The summed E-state index contributed by atoms with van der Waals surface area (Å²) in [6.45, 7) is 2.25. The van der Waals surface area contributed by atoms with Crippen molar-refractivity contribution in [3.8, 4) is 11.5 Å². The molecule has 3 heterocycles. The minimum Gasteiger partial charge on any atom is -0.497 e. The summed E-state index contributed by atoms with van der Waals surface area (Å²) >= 11 is 0. The van der Waals surface area contributed by atoms with E-state index in [1.54, 1.807) is 42.3 Å². The maximum Gasteiger partial charge on any atom is 0.433 e. The topological polar surface area (TPSA) is 69.0 Å². The average molecular weight is 434 g/mol. The summed E-state index contributed by atoms with van der Waals surface area (Å²) in [5.41, 5.74) is 0.0511. The number of carbonyl (C=O) groups is 1. The highest BCUT2D eigenvalue weighted by molar-refractivity contribution is 5.78. The molecule has 0 spiro atoms. The molecule has 0 aliphatic carbocycles. The van der Waals surface area contributed by atoms with Crippen molar-refractivity contribution in [3.05, 3.63) is 53.5 Å². The zero-order chi connectivity index (χ0) is 22.2. The van der Waals surface area contributed by atoms with Gasteiger partial charge in [-0.3, -0.25) is 4.79 Å². The summed E-state index contributed by atoms with van der Waals surface area (Å²) in [4.78, 5) is 18.3. The van der Waals surface area contributed by atoms with Crippen molar-refractivity contribution in [1.82, 2.24) is 19.5 Å². The molecule has 1 aromatic carbocycles. The molecule has 0 unspecified atom stereocenters. The Labute approximate surface area is 176 Å². The highest BCUT2D eigenvalue weighted by atomic mass is 19.4. The van der Waals surface area contributed by atoms with Crippen molar-refractivity contribution in [2.75, 3.05) is 26.8 Å². The van der Waals surface area contributed by atoms with Crippen LogP contribution in [-0.4, -0.2) is 52.2 Å². The Balaban J connectivity index is 1.43. The second kappa shape index (κ2) is 8.09. The normalized spacial score (nSPS) is 16.7. The summed E-state index contributed by atoms with van der Waals surface area (Å²) in [5.74, 6) is 0.887. The zero-order valence-electron chi connectivity index (χ0n) is 17.0. The predicted molar refractivity (Wildman–Crippen MR) is 105 cm³/mol. The molecule has 164 valence electrons. The lowest BCUT2D eigenvalue weighted by Crippen LogP contribution is -2.32. The molecule has 0 saturated carbocycles. The van der Waals surface area contributed by atoms with Crippen LogP contribution in [0.3, 0.4) is 0 Å². The number of benzene rings is 1. The van der Waals surface area contributed by atoms with E-state index in [9.17, 15) is 18.0 Å². The number of methoxy groups -OCH3 is 1. The first-order valence-electron chi connectivity index (χ1n) is 9.74. The van der Waals surface area contributed by atoms with Gasteiger partial charge >= 0.3 is 6.18 Å². The summed E-state index contributed by atoms with van der Waals surface area (Å²) in [7, 11) is 1.56. The molecule has 1 aliphatic heterocycles. The fourth-order valence-corrected chi connectivity index (χ4v) is 3.66. The number of hydrogen-bond acceptors (Lipinski definition) is 5. The number of halogens is 3. The first-order chi connectivity index (χ1) is 14.7. The largest absolute Gasteiger partial charge is 0.497 e. The smallest absolute Gasteiger partial charge is 0.433 e. The molecule has 1 saturated heterocycles. The zero-order valence-corrected chi connectivity index (χ0v) is 17.0. The molecule has 0 N–H and O–H groups in total. The third-order valence-corrected chi connectivity index (χ3v) is 5.25. The Morgan fingerprint density at radius 2 is 1.90 bits per heavy atom. The van der Waals surface area contributed by atoms with E-state index < -0.39 is 11.9 Å². The van der Waals surface area contributed by atoms with Gasteiger partial charge in [-0.2, -0.15) is 18.3 Å². The molecule has 3 aromatic rings. The van der Waals surface area contributed by atoms with E-state index in [4.69, 9.17) is 9.47 Å². The predicted octanol–water partition coefficient (Wildman–Crippen LogP) is 3.46. The Kier molecular flexibility index (Phi) is 5.47. The summed E-state index contributed by atoms with van der Waals surface area (Å²) < 4.78 is 51.5. The number of amides is 1. The standard InChI is InChI=1S/C21H21F3N4O3/c1-13-9-18(21(22,23)24)28-19(25-13)10-17(26-28)14-7-8-27(11-14)20(29)12-31-16-5-3-15(30-2)4-6-16/h3-6,9-10,14H,7-8,11-12H2,1-2H3/t14-/m0/s1. The van der Waals surface area contributed by atoms with Gasteiger partial charge in [0.2, 0.25) is 0 Å². The highest BCUT2D eigenvalue weighted by Gasteiger charge is 2.36. The summed E-state index contributed by atoms with van der Waals surface area (Å²) in [5, 5.41) is 4.16. The second-order valence-electron chi connectivity index (χ2n) is 7.41. The maximum atomic E-state index is 13.4. The lowest BCUT2D eigenvalue weighted by atomic mass is 10.1. The van der Waals surface area contributed by atoms with E-state index in [1.165, 1.54) is 6.92 Å². The number of rotatable bonds is 5. The SMILES string of the molecule is COc1ccc(OCC(=O)N2CC[C@H](c3cc4nc(C)cc(C(F)(F)F)n4n3)C2)cc1. The lowest BCUT2D eigenvalue weighted by molar-refractivity contribution is -0.142. The molecule has 1 fully saturated rings. The molecular formula is C21H21F3N4O3. The number of likely N-dealkylation sites (tertiary alicyclic amines) is 1. The minimum absolute atomic E-state index is 0.122. The summed E-state index contributed by atoms with van der Waals surface area (Å²) in [6, 6.07) is 9.44. The Morgan fingerprint density at radius 3 is 2.58 bits per heavy atom. The van der Waals surface area contributed by atoms with Gasteiger partial charge in [-0.05, 0) is 43.7 Å². The Bertz CT molecular complexity index is 1100. The highest BCUT2D eigenvalue weighted by Crippen LogP contribution is 2.32. The molecule has 0 bridgehead atoms. The van der Waals surface area contributed by atoms with E-state index >= 15 is 0 Å². The van der Waals surface area contributed by atoms with Gasteiger partial charge in [0.25, 0.3) is 5.91 Å². The Hall–Kier alpha value is -3.30. The van der Waals surface area contributed by atoms with E-state index in [0.717, 1.165) is 10.6 Å². The first-order valence-corrected chi connectivity index (χ1v) is 9.74. The molecular weight excluding hydrogens is 413 g/mol. The minimum atomic E-state index is -4.54. The third kappa shape index (κ3) is 4.42. The number of carbonyl (C=O) groups excluding carboxylic acids is 1. The average Bonchev–Trinajstić information content (AvgIpc) is 3.38. The fourth-order valence-electron chi connectivity index (χ4n) is 3.66. The first kappa shape index (κ1) is 21.0. The van der Waals surface area contributed by atoms with Crippen molar-refractivity contribution >= 4 is 11.6 Å². The number of aryl methyl sites for hydroxylation is 1. The summed E-state index contributed by atoms with van der Waals surface area (Å²) in [6.07, 6.45) is -3.93. The van der Waals surface area contributed by atoms with Crippen LogP contribution < -0.4 is 9.47 Å². The van der Waals surface area contributed by atoms with E-state index in [1.807, 2.05) is 0 Å². The maximum absolute atomic E-state index is 13.4. The van der Waals surface area contributed by atoms with Gasteiger partial charge in [0, 0.05) is 30.8 Å². The van der Waals surface area contributed by atoms with Crippen LogP contribution in [0.1, 0.15) is 29.4 Å². The lowest BCUT2D eigenvalue weighted by Gasteiger charge is -2.16. The molecule has 2 aromatic heterocycles.